The summed E-state index contributed by atoms with van der Waals surface area (Å²) in [4.78, 5) is 10.7. The molecular weight excluding hydrogens is 408 g/mol. The zero-order valence-corrected chi connectivity index (χ0v) is 21.0. The molecule has 2 aromatic rings. The van der Waals surface area contributed by atoms with Gasteiger partial charge in [-0.25, -0.2) is 0 Å². The summed E-state index contributed by atoms with van der Waals surface area (Å²) >= 11 is 0. The lowest BCUT2D eigenvalue weighted by Gasteiger charge is -2.29. The van der Waals surface area contributed by atoms with Crippen molar-refractivity contribution in [3.63, 3.8) is 0 Å². The number of rotatable bonds is 17. The molecule has 1 N–H and O–H groups in total. The Hall–Kier alpha value is -2.13. The summed E-state index contributed by atoms with van der Waals surface area (Å²) in [5, 5.41) is 10.4. The van der Waals surface area contributed by atoms with Gasteiger partial charge in [0, 0.05) is 5.41 Å². The highest BCUT2D eigenvalue weighted by Crippen LogP contribution is 2.31. The Kier molecular flexibility index (Phi) is 11.7. The molecule has 2 aromatic carbocycles. The Balaban J connectivity index is 1.59. The van der Waals surface area contributed by atoms with Crippen LogP contribution in [-0.2, 0) is 20.4 Å². The molecule has 0 aliphatic rings. The van der Waals surface area contributed by atoms with Crippen LogP contribution < -0.4 is 0 Å². The van der Waals surface area contributed by atoms with E-state index in [1.807, 2.05) is 18.2 Å². The molecule has 0 radical (unpaired) electrons. The molecule has 2 unspecified atom stereocenters. The summed E-state index contributed by atoms with van der Waals surface area (Å²) in [6.07, 6.45) is 10.4. The first-order valence-electron chi connectivity index (χ1n) is 12.7. The summed E-state index contributed by atoms with van der Waals surface area (Å²) in [5.74, 6) is 0. The van der Waals surface area contributed by atoms with E-state index >= 15 is 0 Å². The molecular formula is C30H44O3. The fourth-order valence-electron chi connectivity index (χ4n) is 4.73. The van der Waals surface area contributed by atoms with Crippen molar-refractivity contribution in [2.24, 2.45) is 0 Å². The number of aliphatic hydroxyl groups excluding tert-OH is 1. The van der Waals surface area contributed by atoms with Gasteiger partial charge in [0.05, 0.1) is 6.10 Å². The standard InChI is InChI=1S/C30H44O3/c1-29(2,26-16-8-4-9-17-26)22-14-6-12-20-28(32)21-13-7-15-23-30(3,24-33-25-31)27-18-10-5-11-19-27/h4-5,8-11,16-19,25,28,32H,6-7,12-15,20-24H2,1-3H3. The number of carbonyl (C=O) groups is 1. The maximum Gasteiger partial charge on any atom is 0.293 e. The maximum atomic E-state index is 10.7. The van der Waals surface area contributed by atoms with E-state index in [1.165, 1.54) is 30.4 Å². The highest BCUT2D eigenvalue weighted by molar-refractivity contribution is 5.38. The Morgan fingerprint density at radius 1 is 0.758 bits per heavy atom. The second-order valence-corrected chi connectivity index (χ2v) is 10.4. The van der Waals surface area contributed by atoms with Crippen LogP contribution in [0.2, 0.25) is 0 Å². The average Bonchev–Trinajstić information content (AvgIpc) is 2.83. The Morgan fingerprint density at radius 2 is 1.27 bits per heavy atom. The molecule has 3 nitrogen and oxygen atoms in total. The topological polar surface area (TPSA) is 46.5 Å². The van der Waals surface area contributed by atoms with Crippen molar-refractivity contribution in [3.8, 4) is 0 Å². The van der Waals surface area contributed by atoms with E-state index in [1.54, 1.807) is 0 Å². The molecule has 0 heterocycles. The minimum absolute atomic E-state index is 0.158. The molecule has 0 aromatic heterocycles. The highest BCUT2D eigenvalue weighted by atomic mass is 16.5. The molecule has 0 bridgehead atoms. The molecule has 0 aliphatic carbocycles. The Bertz CT molecular complexity index is 772. The predicted molar refractivity (Wildman–Crippen MR) is 137 cm³/mol. The highest BCUT2D eigenvalue weighted by Gasteiger charge is 2.27. The number of hydrogen-bond acceptors (Lipinski definition) is 3. The number of benzene rings is 2. The summed E-state index contributed by atoms with van der Waals surface area (Å²) in [7, 11) is 0. The van der Waals surface area contributed by atoms with Crippen molar-refractivity contribution in [2.75, 3.05) is 6.61 Å². The SMILES string of the molecule is CC(C)(CCCCCC(O)CCCCCC(C)(COC=O)c1ccccc1)c1ccccc1. The van der Waals surface area contributed by atoms with Crippen LogP contribution in [0.25, 0.3) is 0 Å². The summed E-state index contributed by atoms with van der Waals surface area (Å²) in [6, 6.07) is 21.1. The van der Waals surface area contributed by atoms with Crippen molar-refractivity contribution in [2.45, 2.75) is 102 Å². The van der Waals surface area contributed by atoms with Crippen LogP contribution in [-0.4, -0.2) is 24.3 Å². The van der Waals surface area contributed by atoms with Crippen LogP contribution >= 0.6 is 0 Å². The van der Waals surface area contributed by atoms with Crippen LogP contribution in [0.4, 0.5) is 0 Å². The average molecular weight is 453 g/mol. The molecule has 0 fully saturated rings. The molecule has 182 valence electrons. The molecule has 2 atom stereocenters. The lowest BCUT2D eigenvalue weighted by atomic mass is 9.78. The van der Waals surface area contributed by atoms with Crippen LogP contribution in [0.1, 0.15) is 96.1 Å². The lowest BCUT2D eigenvalue weighted by Crippen LogP contribution is -2.28. The van der Waals surface area contributed by atoms with E-state index in [2.05, 4.69) is 63.2 Å². The first kappa shape index (κ1) is 27.1. The summed E-state index contributed by atoms with van der Waals surface area (Å²) in [5.41, 5.74) is 2.67. The molecule has 0 amide bonds. The van der Waals surface area contributed by atoms with Crippen LogP contribution in [0.5, 0.6) is 0 Å². The molecule has 2 rings (SSSR count). The second kappa shape index (κ2) is 14.2. The number of aliphatic hydroxyl groups is 1. The second-order valence-electron chi connectivity index (χ2n) is 10.4. The molecule has 0 aliphatic heterocycles. The van der Waals surface area contributed by atoms with Gasteiger partial charge in [0.25, 0.3) is 6.47 Å². The van der Waals surface area contributed by atoms with Crippen LogP contribution in [0.3, 0.4) is 0 Å². The fraction of sp³-hybridized carbons (Fsp3) is 0.567. The normalized spacial score (nSPS) is 14.4. The first-order chi connectivity index (χ1) is 15.9. The van der Waals surface area contributed by atoms with Gasteiger partial charge in [-0.3, -0.25) is 4.79 Å². The zero-order valence-electron chi connectivity index (χ0n) is 21.0. The molecule has 0 saturated carbocycles. The third-order valence-electron chi connectivity index (χ3n) is 7.10. The Morgan fingerprint density at radius 3 is 1.82 bits per heavy atom. The molecule has 0 saturated heterocycles. The fourth-order valence-corrected chi connectivity index (χ4v) is 4.73. The van der Waals surface area contributed by atoms with E-state index < -0.39 is 0 Å². The van der Waals surface area contributed by atoms with E-state index in [0.29, 0.717) is 13.1 Å². The van der Waals surface area contributed by atoms with Gasteiger partial charge in [0.15, 0.2) is 0 Å². The smallest absolute Gasteiger partial charge is 0.293 e. The number of carbonyl (C=O) groups excluding carboxylic acids is 1. The van der Waals surface area contributed by atoms with Gasteiger partial charge in [-0.1, -0.05) is 120 Å². The van der Waals surface area contributed by atoms with E-state index in [9.17, 15) is 9.90 Å². The third kappa shape index (κ3) is 9.71. The van der Waals surface area contributed by atoms with Gasteiger partial charge >= 0.3 is 0 Å². The van der Waals surface area contributed by atoms with Crippen LogP contribution in [0.15, 0.2) is 60.7 Å². The predicted octanol–water partition coefficient (Wildman–Crippen LogP) is 7.36. The van der Waals surface area contributed by atoms with Crippen molar-refractivity contribution in [1.29, 1.82) is 0 Å². The largest absolute Gasteiger partial charge is 0.467 e. The lowest BCUT2D eigenvalue weighted by molar-refractivity contribution is -0.130. The van der Waals surface area contributed by atoms with Crippen molar-refractivity contribution < 1.29 is 14.6 Å². The minimum Gasteiger partial charge on any atom is -0.467 e. The van der Waals surface area contributed by atoms with Gasteiger partial charge in [-0.05, 0) is 42.2 Å². The molecule has 33 heavy (non-hydrogen) atoms. The van der Waals surface area contributed by atoms with E-state index in [0.717, 1.165) is 44.9 Å². The van der Waals surface area contributed by atoms with Gasteiger partial charge < -0.3 is 9.84 Å². The number of hydrogen-bond donors (Lipinski definition) is 1. The van der Waals surface area contributed by atoms with Gasteiger partial charge in [0.2, 0.25) is 0 Å². The van der Waals surface area contributed by atoms with Crippen molar-refractivity contribution >= 4 is 6.47 Å². The van der Waals surface area contributed by atoms with Crippen molar-refractivity contribution in [1.82, 2.24) is 0 Å². The third-order valence-corrected chi connectivity index (χ3v) is 7.10. The molecule has 3 heteroatoms. The van der Waals surface area contributed by atoms with Crippen LogP contribution in [0, 0.1) is 0 Å². The summed E-state index contributed by atoms with van der Waals surface area (Å²) in [6.45, 7) is 7.76. The molecule has 0 spiro atoms. The number of ether oxygens (including phenoxy) is 1. The van der Waals surface area contributed by atoms with Gasteiger partial charge in [-0.2, -0.15) is 0 Å². The minimum atomic E-state index is -0.189. The number of unbranched alkanes of at least 4 members (excludes halogenated alkanes) is 4. The zero-order chi connectivity index (χ0) is 24.0. The Labute approximate surface area is 201 Å². The summed E-state index contributed by atoms with van der Waals surface area (Å²) < 4.78 is 5.14. The van der Waals surface area contributed by atoms with Crippen molar-refractivity contribution in [3.05, 3.63) is 71.8 Å². The quantitative estimate of drug-likeness (QED) is 0.201. The van der Waals surface area contributed by atoms with E-state index in [4.69, 9.17) is 4.74 Å². The first-order valence-corrected chi connectivity index (χ1v) is 12.7. The monoisotopic (exact) mass is 452 g/mol. The van der Waals surface area contributed by atoms with Gasteiger partial charge in [-0.15, -0.1) is 0 Å². The van der Waals surface area contributed by atoms with Gasteiger partial charge in [0.1, 0.15) is 6.61 Å². The van der Waals surface area contributed by atoms with E-state index in [-0.39, 0.29) is 16.9 Å². The maximum absolute atomic E-state index is 10.7.